The average molecular weight is 372 g/mol. The van der Waals surface area contributed by atoms with Crippen molar-refractivity contribution in [3.63, 3.8) is 0 Å². The van der Waals surface area contributed by atoms with Crippen LogP contribution in [0.5, 0.6) is 0 Å². The second kappa shape index (κ2) is 7.64. The zero-order chi connectivity index (χ0) is 19.5. The van der Waals surface area contributed by atoms with Crippen LogP contribution in [0.1, 0.15) is 50.7 Å². The molecule has 0 fully saturated rings. The number of rotatable bonds is 4. The van der Waals surface area contributed by atoms with Crippen molar-refractivity contribution < 1.29 is 14.3 Å². The average Bonchev–Trinajstić information content (AvgIpc) is 2.74. The van der Waals surface area contributed by atoms with Gasteiger partial charge < -0.3 is 10.1 Å². The Bertz CT molecular complexity index is 1000. The minimum absolute atomic E-state index is 0.0922. The number of anilines is 1. The number of ketones is 1. The molecule has 0 amide bonds. The summed E-state index contributed by atoms with van der Waals surface area (Å²) in [6.07, 6.45) is 3.43. The van der Waals surface area contributed by atoms with Gasteiger partial charge in [0.15, 0.2) is 5.78 Å². The van der Waals surface area contributed by atoms with Crippen LogP contribution in [-0.4, -0.2) is 23.3 Å². The summed E-state index contributed by atoms with van der Waals surface area (Å²) in [5, 5.41) is 3.47. The predicted octanol–water partition coefficient (Wildman–Crippen LogP) is 4.39. The minimum Gasteiger partial charge on any atom is -0.462 e. The van der Waals surface area contributed by atoms with Crippen molar-refractivity contribution in [1.29, 1.82) is 0 Å². The van der Waals surface area contributed by atoms with Gasteiger partial charge in [-0.1, -0.05) is 36.4 Å². The highest BCUT2D eigenvalue weighted by molar-refractivity contribution is 6.14. The van der Waals surface area contributed by atoms with Crippen LogP contribution in [0, 0.1) is 0 Å². The molecule has 1 N–H and O–H groups in total. The zero-order valence-corrected chi connectivity index (χ0v) is 15.5. The molecule has 1 aliphatic heterocycles. The molecule has 4 rings (SSSR count). The van der Waals surface area contributed by atoms with E-state index in [0.29, 0.717) is 16.8 Å². The van der Waals surface area contributed by atoms with E-state index in [1.165, 1.54) is 0 Å². The van der Waals surface area contributed by atoms with E-state index in [1.807, 2.05) is 48.5 Å². The lowest BCUT2D eigenvalue weighted by Gasteiger charge is -2.35. The number of carbonyl (C=O) groups is 2. The summed E-state index contributed by atoms with van der Waals surface area (Å²) in [5.41, 5.74) is 3.19. The van der Waals surface area contributed by atoms with Gasteiger partial charge in [-0.05, 0) is 42.3 Å². The van der Waals surface area contributed by atoms with Crippen LogP contribution in [0.2, 0.25) is 0 Å². The van der Waals surface area contributed by atoms with Gasteiger partial charge in [0.25, 0.3) is 0 Å². The molecular weight excluding hydrogens is 352 g/mol. The topological polar surface area (TPSA) is 68.3 Å². The van der Waals surface area contributed by atoms with E-state index in [9.17, 15) is 9.59 Å². The summed E-state index contributed by atoms with van der Waals surface area (Å²) in [4.78, 5) is 30.2. The largest absolute Gasteiger partial charge is 0.462 e. The number of hydrogen-bond acceptors (Lipinski definition) is 5. The number of hydrogen-bond donors (Lipinski definition) is 1. The maximum atomic E-state index is 13.7. The fraction of sp³-hybridized carbons (Fsp3) is 0.174. The summed E-state index contributed by atoms with van der Waals surface area (Å²) >= 11 is 0. The van der Waals surface area contributed by atoms with Crippen LogP contribution in [-0.2, 0) is 4.74 Å². The van der Waals surface area contributed by atoms with Gasteiger partial charge in [0.05, 0.1) is 29.7 Å². The molecule has 3 aromatic rings. The Balaban J connectivity index is 1.87. The standard InChI is InChI=1S/C23H20N2O3/c1-2-28-23(27)17-9-6-10-18-20(17)22(26)19(15-7-4-3-5-8-15)21(25-18)16-11-13-24-14-12-16/h3-14,19,21,25H,2H2,1H3. The molecule has 2 unspecified atom stereocenters. The van der Waals surface area contributed by atoms with E-state index in [4.69, 9.17) is 4.74 Å². The molecule has 1 aliphatic rings. The molecule has 2 aromatic carbocycles. The van der Waals surface area contributed by atoms with E-state index in [0.717, 1.165) is 11.1 Å². The van der Waals surface area contributed by atoms with Crippen LogP contribution in [0.25, 0.3) is 0 Å². The summed E-state index contributed by atoms with van der Waals surface area (Å²) in [6.45, 7) is 2.01. The molecule has 2 heterocycles. The summed E-state index contributed by atoms with van der Waals surface area (Å²) in [5.74, 6) is -1.04. The lowest BCUT2D eigenvalue weighted by Crippen LogP contribution is -2.33. The van der Waals surface area contributed by atoms with Gasteiger partial charge in [0.2, 0.25) is 0 Å². The quantitative estimate of drug-likeness (QED) is 0.688. The van der Waals surface area contributed by atoms with Crippen molar-refractivity contribution in [2.45, 2.75) is 18.9 Å². The summed E-state index contributed by atoms with van der Waals surface area (Å²) < 4.78 is 5.17. The van der Waals surface area contributed by atoms with Gasteiger partial charge in [-0.2, -0.15) is 0 Å². The smallest absolute Gasteiger partial charge is 0.338 e. The van der Waals surface area contributed by atoms with Crippen molar-refractivity contribution in [3.8, 4) is 0 Å². The van der Waals surface area contributed by atoms with Crippen molar-refractivity contribution in [2.75, 3.05) is 11.9 Å². The highest BCUT2D eigenvalue weighted by atomic mass is 16.5. The summed E-state index contributed by atoms with van der Waals surface area (Å²) in [7, 11) is 0. The van der Waals surface area contributed by atoms with Crippen LogP contribution in [0.4, 0.5) is 5.69 Å². The van der Waals surface area contributed by atoms with Crippen LogP contribution in [0.3, 0.4) is 0 Å². The van der Waals surface area contributed by atoms with Crippen LogP contribution >= 0.6 is 0 Å². The first-order valence-corrected chi connectivity index (χ1v) is 9.26. The number of Topliss-reactive ketones (excluding diaryl/α,β-unsaturated/α-hetero) is 1. The molecule has 0 saturated carbocycles. The van der Waals surface area contributed by atoms with E-state index in [2.05, 4.69) is 10.3 Å². The van der Waals surface area contributed by atoms with Gasteiger partial charge in [0.1, 0.15) is 0 Å². The lowest BCUT2D eigenvalue weighted by molar-refractivity contribution is 0.0522. The van der Waals surface area contributed by atoms with Crippen LogP contribution < -0.4 is 5.32 Å². The summed E-state index contributed by atoms with van der Waals surface area (Å²) in [6, 6.07) is 18.4. The van der Waals surface area contributed by atoms with Gasteiger partial charge >= 0.3 is 5.97 Å². The fourth-order valence-electron chi connectivity index (χ4n) is 3.73. The Morgan fingerprint density at radius 3 is 2.46 bits per heavy atom. The van der Waals surface area contributed by atoms with Gasteiger partial charge in [-0.15, -0.1) is 0 Å². The highest BCUT2D eigenvalue weighted by Crippen LogP contribution is 2.43. The second-order valence-electron chi connectivity index (χ2n) is 6.60. The molecule has 5 heteroatoms. The fourth-order valence-corrected chi connectivity index (χ4v) is 3.73. The Hall–Kier alpha value is -3.47. The lowest BCUT2D eigenvalue weighted by atomic mass is 9.77. The number of ether oxygens (including phenoxy) is 1. The first kappa shape index (κ1) is 17.9. The normalized spacial score (nSPS) is 18.1. The van der Waals surface area contributed by atoms with Crippen molar-refractivity contribution >= 4 is 17.4 Å². The first-order chi connectivity index (χ1) is 13.7. The highest BCUT2D eigenvalue weighted by Gasteiger charge is 2.39. The number of aromatic nitrogens is 1. The molecule has 2 atom stereocenters. The number of carbonyl (C=O) groups excluding carboxylic acids is 2. The Kier molecular flexibility index (Phi) is 4.89. The Labute approximate surface area is 163 Å². The number of benzene rings is 2. The number of nitrogens with zero attached hydrogens (tertiary/aromatic N) is 1. The van der Waals surface area contributed by atoms with Gasteiger partial charge in [0, 0.05) is 18.1 Å². The van der Waals surface area contributed by atoms with E-state index in [1.54, 1.807) is 31.5 Å². The molecule has 0 saturated heterocycles. The Morgan fingerprint density at radius 1 is 1.00 bits per heavy atom. The maximum Gasteiger partial charge on any atom is 0.338 e. The predicted molar refractivity (Wildman–Crippen MR) is 107 cm³/mol. The molecule has 0 aliphatic carbocycles. The van der Waals surface area contributed by atoms with Crippen molar-refractivity contribution in [3.05, 3.63) is 95.3 Å². The molecule has 1 aromatic heterocycles. The van der Waals surface area contributed by atoms with Gasteiger partial charge in [-0.25, -0.2) is 4.79 Å². The molecule has 0 spiro atoms. The minimum atomic E-state index is -0.483. The molecular formula is C23H20N2O3. The van der Waals surface area contributed by atoms with Crippen molar-refractivity contribution in [2.24, 2.45) is 0 Å². The van der Waals surface area contributed by atoms with E-state index in [-0.39, 0.29) is 18.4 Å². The molecule has 5 nitrogen and oxygen atoms in total. The maximum absolute atomic E-state index is 13.7. The molecule has 0 radical (unpaired) electrons. The van der Waals surface area contributed by atoms with E-state index < -0.39 is 11.9 Å². The first-order valence-electron chi connectivity index (χ1n) is 9.26. The SMILES string of the molecule is CCOC(=O)c1cccc2c1C(=O)C(c1ccccc1)C(c1ccncc1)N2. The molecule has 0 bridgehead atoms. The number of fused-ring (bicyclic) bond motifs is 1. The van der Waals surface area contributed by atoms with E-state index >= 15 is 0 Å². The third kappa shape index (κ3) is 3.16. The second-order valence-corrected chi connectivity index (χ2v) is 6.60. The van der Waals surface area contributed by atoms with Gasteiger partial charge in [-0.3, -0.25) is 9.78 Å². The Morgan fingerprint density at radius 2 is 1.75 bits per heavy atom. The third-order valence-corrected chi connectivity index (χ3v) is 4.96. The molecule has 28 heavy (non-hydrogen) atoms. The number of nitrogens with one attached hydrogen (secondary N) is 1. The van der Waals surface area contributed by atoms with Crippen molar-refractivity contribution in [1.82, 2.24) is 4.98 Å². The number of pyridine rings is 1. The van der Waals surface area contributed by atoms with Crippen LogP contribution in [0.15, 0.2) is 73.1 Å². The number of esters is 1. The molecule has 140 valence electrons. The zero-order valence-electron chi connectivity index (χ0n) is 15.5. The third-order valence-electron chi connectivity index (χ3n) is 4.96. The monoisotopic (exact) mass is 372 g/mol.